The number of carbonyl (C=O) groups is 1. The van der Waals surface area contributed by atoms with Gasteiger partial charge in [-0.3, -0.25) is 14.2 Å². The second-order valence-electron chi connectivity index (χ2n) is 6.61. The van der Waals surface area contributed by atoms with Crippen molar-refractivity contribution in [3.63, 3.8) is 0 Å². The van der Waals surface area contributed by atoms with E-state index in [-0.39, 0.29) is 11.3 Å². The molecule has 146 valence electrons. The highest BCUT2D eigenvalue weighted by Gasteiger charge is 2.11. The van der Waals surface area contributed by atoms with E-state index in [0.717, 1.165) is 22.6 Å². The van der Waals surface area contributed by atoms with Crippen LogP contribution in [0, 0.1) is 6.92 Å². The number of halogens is 1. The summed E-state index contributed by atoms with van der Waals surface area (Å²) < 4.78 is 3.87. The van der Waals surface area contributed by atoms with Gasteiger partial charge in [0.2, 0.25) is 0 Å². The predicted molar refractivity (Wildman–Crippen MR) is 114 cm³/mol. The van der Waals surface area contributed by atoms with E-state index in [9.17, 15) is 9.59 Å². The minimum atomic E-state index is -0.0805. The monoisotopic (exact) mass is 424 g/mol. The number of benzene rings is 1. The Kier molecular flexibility index (Phi) is 5.42. The molecule has 0 spiro atoms. The second kappa shape index (κ2) is 8.14. The molecule has 29 heavy (non-hydrogen) atoms. The van der Waals surface area contributed by atoms with Crippen molar-refractivity contribution in [1.29, 1.82) is 0 Å². The molecule has 0 amide bonds. The van der Waals surface area contributed by atoms with Crippen LogP contribution >= 0.6 is 22.9 Å². The van der Waals surface area contributed by atoms with Crippen molar-refractivity contribution in [2.75, 3.05) is 0 Å². The molecule has 0 bridgehead atoms. The molecule has 0 atom stereocenters. The molecule has 0 aliphatic heterocycles. The number of aryl methyl sites for hydroxylation is 2. The third-order valence-electron chi connectivity index (χ3n) is 4.45. The van der Waals surface area contributed by atoms with Gasteiger partial charge in [-0.2, -0.15) is 0 Å². The van der Waals surface area contributed by atoms with E-state index in [1.165, 1.54) is 11.3 Å². The lowest BCUT2D eigenvalue weighted by molar-refractivity contribution is 0.0986. The summed E-state index contributed by atoms with van der Waals surface area (Å²) in [5.74, 6) is 0.0457. The number of rotatable bonds is 6. The fraction of sp³-hybridized carbons (Fsp3) is 0.143. The maximum Gasteiger partial charge on any atom is 0.255 e. The Morgan fingerprint density at radius 2 is 1.79 bits per heavy atom. The highest BCUT2D eigenvalue weighted by Crippen LogP contribution is 2.23. The first-order valence-corrected chi connectivity index (χ1v) is 10.2. The smallest absolute Gasteiger partial charge is 0.255 e. The van der Waals surface area contributed by atoms with E-state index >= 15 is 0 Å². The minimum Gasteiger partial charge on any atom is -0.293 e. The SMILES string of the molecule is Cc1ccc(=O)n(-c2ccc(-n3cc(CCC(=O)c4ccc(Cl)s4)nn3)cc2)c1. The number of ketones is 1. The highest BCUT2D eigenvalue weighted by atomic mass is 35.5. The molecule has 0 N–H and O–H groups in total. The van der Waals surface area contributed by atoms with Gasteiger partial charge in [0.1, 0.15) is 0 Å². The molecule has 6 nitrogen and oxygen atoms in total. The molecule has 8 heteroatoms. The van der Waals surface area contributed by atoms with E-state index in [1.54, 1.807) is 33.5 Å². The van der Waals surface area contributed by atoms with E-state index in [1.807, 2.05) is 43.6 Å². The summed E-state index contributed by atoms with van der Waals surface area (Å²) in [4.78, 5) is 24.9. The van der Waals surface area contributed by atoms with Crippen molar-refractivity contribution < 1.29 is 4.79 Å². The number of aromatic nitrogens is 4. The van der Waals surface area contributed by atoms with Crippen LogP contribution in [0.3, 0.4) is 0 Å². The van der Waals surface area contributed by atoms with Crippen LogP contribution in [0.2, 0.25) is 4.34 Å². The second-order valence-corrected chi connectivity index (χ2v) is 8.33. The van der Waals surface area contributed by atoms with Crippen LogP contribution in [-0.4, -0.2) is 25.3 Å². The number of Topliss-reactive ketones (excluding diaryl/α,β-unsaturated/α-hetero) is 1. The molecular weight excluding hydrogens is 408 g/mol. The lowest BCUT2D eigenvalue weighted by atomic mass is 10.1. The van der Waals surface area contributed by atoms with Gasteiger partial charge in [-0.25, -0.2) is 4.68 Å². The summed E-state index contributed by atoms with van der Waals surface area (Å²) in [6.45, 7) is 1.94. The maximum absolute atomic E-state index is 12.2. The number of nitrogens with zero attached hydrogens (tertiary/aromatic N) is 4. The average Bonchev–Trinajstić information content (AvgIpc) is 3.37. The Morgan fingerprint density at radius 1 is 1.03 bits per heavy atom. The molecule has 0 fully saturated rings. The molecule has 0 saturated heterocycles. The minimum absolute atomic E-state index is 0.0457. The Morgan fingerprint density at radius 3 is 2.52 bits per heavy atom. The Balaban J connectivity index is 1.46. The van der Waals surface area contributed by atoms with Crippen LogP contribution in [-0.2, 0) is 6.42 Å². The third-order valence-corrected chi connectivity index (χ3v) is 5.72. The summed E-state index contributed by atoms with van der Waals surface area (Å²) in [5, 5.41) is 8.30. The summed E-state index contributed by atoms with van der Waals surface area (Å²) in [6, 6.07) is 14.3. The Hall–Kier alpha value is -3.03. The van der Waals surface area contributed by atoms with Crippen LogP contribution in [0.5, 0.6) is 0 Å². The summed E-state index contributed by atoms with van der Waals surface area (Å²) >= 11 is 7.17. The molecule has 1 aromatic carbocycles. The van der Waals surface area contributed by atoms with Crippen molar-refractivity contribution in [1.82, 2.24) is 19.6 Å². The molecule has 0 saturated carbocycles. The van der Waals surface area contributed by atoms with E-state index in [4.69, 9.17) is 11.6 Å². The van der Waals surface area contributed by atoms with Gasteiger partial charge >= 0.3 is 0 Å². The highest BCUT2D eigenvalue weighted by molar-refractivity contribution is 7.18. The lowest BCUT2D eigenvalue weighted by Crippen LogP contribution is -2.16. The Bertz CT molecular complexity index is 1220. The number of pyridine rings is 1. The van der Waals surface area contributed by atoms with Gasteiger partial charge in [0.25, 0.3) is 5.56 Å². The molecule has 0 radical (unpaired) electrons. The van der Waals surface area contributed by atoms with Crippen molar-refractivity contribution in [2.24, 2.45) is 0 Å². The predicted octanol–water partition coefficient (Wildman–Crippen LogP) is 4.26. The van der Waals surface area contributed by atoms with Crippen molar-refractivity contribution >= 4 is 28.7 Å². The van der Waals surface area contributed by atoms with Crippen LogP contribution in [0.25, 0.3) is 11.4 Å². The first-order chi connectivity index (χ1) is 14.0. The van der Waals surface area contributed by atoms with Crippen LogP contribution in [0.4, 0.5) is 0 Å². The van der Waals surface area contributed by atoms with Gasteiger partial charge in [-0.05, 0) is 48.9 Å². The first-order valence-electron chi connectivity index (χ1n) is 8.99. The van der Waals surface area contributed by atoms with Crippen molar-refractivity contribution in [2.45, 2.75) is 19.8 Å². The quantitative estimate of drug-likeness (QED) is 0.434. The zero-order valence-corrected chi connectivity index (χ0v) is 17.2. The van der Waals surface area contributed by atoms with Gasteiger partial charge in [0, 0.05) is 30.8 Å². The molecule has 4 aromatic rings. The zero-order valence-electron chi connectivity index (χ0n) is 15.6. The summed E-state index contributed by atoms with van der Waals surface area (Å²) in [5.41, 5.74) is 3.27. The molecule has 0 aliphatic rings. The van der Waals surface area contributed by atoms with Crippen LogP contribution in [0.15, 0.2) is 65.7 Å². The molecule has 4 rings (SSSR count). The van der Waals surface area contributed by atoms with Crippen molar-refractivity contribution in [3.8, 4) is 11.4 Å². The van der Waals surface area contributed by atoms with Gasteiger partial charge in [0.15, 0.2) is 5.78 Å². The molecule has 0 unspecified atom stereocenters. The number of carbonyl (C=O) groups excluding carboxylic acids is 1. The largest absolute Gasteiger partial charge is 0.293 e. The molecular formula is C21H17ClN4O2S. The maximum atomic E-state index is 12.2. The fourth-order valence-corrected chi connectivity index (χ4v) is 3.94. The van der Waals surface area contributed by atoms with E-state index in [0.29, 0.717) is 22.1 Å². The van der Waals surface area contributed by atoms with Gasteiger partial charge in [-0.15, -0.1) is 16.4 Å². The Labute approximate surface area is 176 Å². The zero-order chi connectivity index (χ0) is 20.4. The van der Waals surface area contributed by atoms with Crippen LogP contribution < -0.4 is 5.56 Å². The molecule has 3 heterocycles. The van der Waals surface area contributed by atoms with Crippen LogP contribution in [0.1, 0.15) is 27.3 Å². The molecule has 3 aromatic heterocycles. The standard InChI is InChI=1S/C21H17ClN4O2S/c1-14-2-11-21(28)25(12-14)16-4-6-17(7-5-16)26-13-15(23-24-26)3-8-18(27)19-9-10-20(22)29-19/h2,4-7,9-13H,3,8H2,1H3. The van der Waals surface area contributed by atoms with Crippen molar-refractivity contribution in [3.05, 3.63) is 91.7 Å². The number of thiophene rings is 1. The third kappa shape index (κ3) is 4.36. The van der Waals surface area contributed by atoms with E-state index < -0.39 is 0 Å². The van der Waals surface area contributed by atoms with E-state index in [2.05, 4.69) is 10.3 Å². The number of hydrogen-bond acceptors (Lipinski definition) is 5. The summed E-state index contributed by atoms with van der Waals surface area (Å²) in [7, 11) is 0. The van der Waals surface area contributed by atoms with Gasteiger partial charge < -0.3 is 0 Å². The fourth-order valence-electron chi connectivity index (χ4n) is 2.93. The lowest BCUT2D eigenvalue weighted by Gasteiger charge is -2.07. The average molecular weight is 425 g/mol. The van der Waals surface area contributed by atoms with Gasteiger partial charge in [-0.1, -0.05) is 22.9 Å². The first kappa shape index (κ1) is 19.3. The summed E-state index contributed by atoms with van der Waals surface area (Å²) in [6.07, 6.45) is 4.47. The topological polar surface area (TPSA) is 69.8 Å². The normalized spacial score (nSPS) is 11.0. The van der Waals surface area contributed by atoms with Gasteiger partial charge in [0.05, 0.1) is 26.8 Å². The number of hydrogen-bond donors (Lipinski definition) is 0. The molecule has 0 aliphatic carbocycles.